The fourth-order valence-corrected chi connectivity index (χ4v) is 5.08. The molecule has 1 aliphatic carbocycles. The van der Waals surface area contributed by atoms with E-state index in [9.17, 15) is 0 Å². The maximum absolute atomic E-state index is 3.59. The normalized spacial score (nSPS) is 14.3. The van der Waals surface area contributed by atoms with Gasteiger partial charge in [0.25, 0.3) is 0 Å². The number of allylic oxidation sites excluding steroid dienone is 4. The van der Waals surface area contributed by atoms with Crippen molar-refractivity contribution in [2.24, 2.45) is 5.41 Å². The first-order valence-corrected chi connectivity index (χ1v) is 9.12. The van der Waals surface area contributed by atoms with Crippen molar-refractivity contribution >= 4 is 18.5 Å². The van der Waals surface area contributed by atoms with Gasteiger partial charge in [-0.15, -0.1) is 5.31 Å². The molecule has 0 amide bonds. The summed E-state index contributed by atoms with van der Waals surface area (Å²) in [6.07, 6.45) is 6.87. The van der Waals surface area contributed by atoms with Crippen LogP contribution >= 0.6 is 7.92 Å². The molecule has 23 heavy (non-hydrogen) atoms. The minimum Gasteiger partial charge on any atom is -0.247 e. The van der Waals surface area contributed by atoms with Crippen LogP contribution in [0.5, 0.6) is 0 Å². The van der Waals surface area contributed by atoms with Gasteiger partial charge in [-0.05, 0) is 18.5 Å². The Morgan fingerprint density at radius 3 is 1.70 bits per heavy atom. The quantitative estimate of drug-likeness (QED) is 0.463. The van der Waals surface area contributed by atoms with E-state index in [1.165, 1.54) is 21.5 Å². The molecule has 0 nitrogen and oxygen atoms in total. The molecule has 2 heteroatoms. The van der Waals surface area contributed by atoms with Crippen LogP contribution < -0.4 is 29.5 Å². The van der Waals surface area contributed by atoms with Crippen molar-refractivity contribution in [3.05, 3.63) is 83.7 Å². The van der Waals surface area contributed by atoms with Gasteiger partial charge in [0, 0.05) is 0 Å². The van der Waals surface area contributed by atoms with Crippen LogP contribution in [0.1, 0.15) is 27.2 Å². The van der Waals surface area contributed by atoms with Crippen molar-refractivity contribution in [3.8, 4) is 0 Å². The third-order valence-electron chi connectivity index (χ3n) is 4.03. The Balaban J connectivity index is 0.00000192. The maximum atomic E-state index is 3.59. The molecule has 0 heterocycles. The van der Waals surface area contributed by atoms with Crippen LogP contribution in [-0.4, -0.2) is 0 Å². The van der Waals surface area contributed by atoms with Crippen LogP contribution in [0.25, 0.3) is 0 Å². The summed E-state index contributed by atoms with van der Waals surface area (Å²) in [4.78, 5) is 0. The molecule has 0 saturated carbocycles. The first-order chi connectivity index (χ1) is 10.6. The Bertz CT molecular complexity index is 654. The molecule has 0 radical (unpaired) electrons. The van der Waals surface area contributed by atoms with Gasteiger partial charge >= 0.3 is 18.9 Å². The molecule has 0 saturated heterocycles. The van der Waals surface area contributed by atoms with Gasteiger partial charge in [-0.2, -0.15) is 0 Å². The van der Waals surface area contributed by atoms with Gasteiger partial charge in [-0.25, -0.2) is 17.7 Å². The fourth-order valence-electron chi connectivity index (χ4n) is 2.69. The predicted octanol–water partition coefficient (Wildman–Crippen LogP) is 2.19. The van der Waals surface area contributed by atoms with Gasteiger partial charge in [0.05, 0.1) is 0 Å². The first kappa shape index (κ1) is 18.3. The third kappa shape index (κ3) is 4.27. The van der Waals surface area contributed by atoms with Crippen LogP contribution in [0.3, 0.4) is 0 Å². The zero-order valence-electron chi connectivity index (χ0n) is 14.5. The molecule has 0 fully saturated rings. The minimum atomic E-state index is -0.472. The van der Waals surface area contributed by atoms with Gasteiger partial charge in [0.2, 0.25) is 0 Å². The van der Waals surface area contributed by atoms with E-state index in [2.05, 4.69) is 93.6 Å². The van der Waals surface area contributed by atoms with E-state index in [1.807, 2.05) is 0 Å². The Kier molecular flexibility index (Phi) is 6.11. The average molecular weight is 312 g/mol. The van der Waals surface area contributed by atoms with E-state index in [4.69, 9.17) is 0 Å². The van der Waals surface area contributed by atoms with E-state index >= 15 is 0 Å². The zero-order chi connectivity index (χ0) is 15.6. The van der Waals surface area contributed by atoms with E-state index in [1.54, 1.807) is 0 Å². The topological polar surface area (TPSA) is 0 Å². The molecule has 1 aliphatic rings. The number of benzene rings is 2. The number of hydrogen-bond donors (Lipinski definition) is 0. The molecular formula is C21H22LiP. The summed E-state index contributed by atoms with van der Waals surface area (Å²) in [5.74, 6) is 0. The molecule has 0 bridgehead atoms. The maximum Gasteiger partial charge on any atom is 1.00 e. The molecule has 2 aromatic carbocycles. The summed E-state index contributed by atoms with van der Waals surface area (Å²) in [6, 6.07) is 21.8. The minimum absolute atomic E-state index is 0. The smallest absolute Gasteiger partial charge is 0.247 e. The summed E-state index contributed by atoms with van der Waals surface area (Å²) in [7, 11) is -0.472. The molecule has 2 aromatic rings. The number of rotatable bonds is 3. The van der Waals surface area contributed by atoms with Crippen LogP contribution in [0.2, 0.25) is 0 Å². The van der Waals surface area contributed by atoms with Crippen LogP contribution in [0, 0.1) is 11.5 Å². The largest absolute Gasteiger partial charge is 1.00 e. The summed E-state index contributed by atoms with van der Waals surface area (Å²) in [5, 5.41) is 4.27. The van der Waals surface area contributed by atoms with Crippen molar-refractivity contribution in [1.82, 2.24) is 0 Å². The van der Waals surface area contributed by atoms with Gasteiger partial charge in [0.15, 0.2) is 0 Å². The predicted molar refractivity (Wildman–Crippen MR) is 98.0 cm³/mol. The second kappa shape index (κ2) is 7.68. The van der Waals surface area contributed by atoms with Gasteiger partial charge in [-0.3, -0.25) is 0 Å². The Labute approximate surface area is 153 Å². The molecular weight excluding hydrogens is 290 g/mol. The van der Waals surface area contributed by atoms with Crippen LogP contribution in [0.4, 0.5) is 0 Å². The van der Waals surface area contributed by atoms with E-state index in [0.717, 1.165) is 6.42 Å². The monoisotopic (exact) mass is 312 g/mol. The molecule has 3 rings (SSSR count). The summed E-state index contributed by atoms with van der Waals surface area (Å²) in [5.41, 5.74) is 1.71. The van der Waals surface area contributed by atoms with E-state index in [0.29, 0.717) is 0 Å². The van der Waals surface area contributed by atoms with Crippen LogP contribution in [-0.2, 0) is 0 Å². The molecule has 0 N–H and O–H groups in total. The molecule has 0 aromatic heterocycles. The molecule has 0 unspecified atom stereocenters. The Hall–Kier alpha value is -1.05. The SMILES string of the molecule is CC(C)(C)C1=C[C-]=C(P(c2ccccc2)c2ccccc2)C1.[Li+]. The zero-order valence-corrected chi connectivity index (χ0v) is 15.4. The summed E-state index contributed by atoms with van der Waals surface area (Å²) >= 11 is 0. The summed E-state index contributed by atoms with van der Waals surface area (Å²) < 4.78 is 0. The first-order valence-electron chi connectivity index (χ1n) is 7.78. The van der Waals surface area contributed by atoms with Crippen LogP contribution in [0.15, 0.2) is 77.6 Å². The van der Waals surface area contributed by atoms with Crippen molar-refractivity contribution in [1.29, 1.82) is 0 Å². The van der Waals surface area contributed by atoms with Gasteiger partial charge < -0.3 is 0 Å². The summed E-state index contributed by atoms with van der Waals surface area (Å²) in [6.45, 7) is 6.87. The Morgan fingerprint density at radius 1 is 0.826 bits per heavy atom. The van der Waals surface area contributed by atoms with Gasteiger partial charge in [0.1, 0.15) is 0 Å². The fraction of sp³-hybridized carbons (Fsp3) is 0.238. The molecule has 0 aliphatic heterocycles. The van der Waals surface area contributed by atoms with E-state index in [-0.39, 0.29) is 24.3 Å². The molecule has 112 valence electrons. The van der Waals surface area contributed by atoms with Crippen molar-refractivity contribution in [2.75, 3.05) is 0 Å². The van der Waals surface area contributed by atoms with E-state index < -0.39 is 7.92 Å². The molecule has 0 spiro atoms. The average Bonchev–Trinajstić information content (AvgIpc) is 2.99. The second-order valence-corrected chi connectivity index (χ2v) is 8.94. The van der Waals surface area contributed by atoms with Crippen molar-refractivity contribution in [3.63, 3.8) is 0 Å². The second-order valence-electron chi connectivity index (χ2n) is 6.69. The third-order valence-corrected chi connectivity index (χ3v) is 6.49. The standard InChI is InChI=1S/C21H22P.Li/c1-21(2,3)17-14-15-20(16-17)22(18-10-6-4-7-11-18)19-12-8-5-9-13-19;/h4-14H,16H2,1-3H3;/q-1;+1. The van der Waals surface area contributed by atoms with Gasteiger partial charge in [-0.1, -0.05) is 93.3 Å². The van der Waals surface area contributed by atoms with Crippen molar-refractivity contribution in [2.45, 2.75) is 27.2 Å². The Morgan fingerprint density at radius 2 is 1.30 bits per heavy atom. The molecule has 0 atom stereocenters. The number of hydrogen-bond acceptors (Lipinski definition) is 0. The van der Waals surface area contributed by atoms with Crippen molar-refractivity contribution < 1.29 is 18.9 Å².